The number of halogens is 1. The van der Waals surface area contributed by atoms with E-state index in [0.717, 1.165) is 19.3 Å². The van der Waals surface area contributed by atoms with Gasteiger partial charge in [-0.25, -0.2) is 8.42 Å². The number of nitrogens with zero attached hydrogens (tertiary/aromatic N) is 1. The van der Waals surface area contributed by atoms with Gasteiger partial charge in [0.15, 0.2) is 0 Å². The number of hydrogen-bond acceptors (Lipinski definition) is 3. The highest BCUT2D eigenvalue weighted by atomic mass is 35.5. The number of morpholine rings is 1. The standard InChI is InChI=1S/C8H14ClNO3S/c9-6-14(11,12)10-4-5-13-8-3-1-2-7(8)10/h7-8H,1-6H2. The maximum Gasteiger partial charge on any atom is 0.228 e. The van der Waals surface area contributed by atoms with Crippen LogP contribution in [0.2, 0.25) is 0 Å². The minimum Gasteiger partial charge on any atom is -0.375 e. The van der Waals surface area contributed by atoms with Gasteiger partial charge in [0.25, 0.3) is 0 Å². The highest BCUT2D eigenvalue weighted by Gasteiger charge is 2.41. The fourth-order valence-electron chi connectivity index (χ4n) is 2.30. The minimum absolute atomic E-state index is 0.0347. The number of alkyl halides is 1. The van der Waals surface area contributed by atoms with Crippen LogP contribution in [-0.4, -0.2) is 43.2 Å². The lowest BCUT2D eigenvalue weighted by molar-refractivity contribution is -0.0240. The molecule has 2 fully saturated rings. The van der Waals surface area contributed by atoms with E-state index in [9.17, 15) is 8.42 Å². The predicted octanol–water partition coefficient (Wildman–Crippen LogP) is 0.766. The van der Waals surface area contributed by atoms with Crippen molar-refractivity contribution in [3.05, 3.63) is 0 Å². The van der Waals surface area contributed by atoms with E-state index in [4.69, 9.17) is 16.3 Å². The molecule has 1 aliphatic heterocycles. The van der Waals surface area contributed by atoms with Crippen LogP contribution in [0.4, 0.5) is 0 Å². The van der Waals surface area contributed by atoms with E-state index in [-0.39, 0.29) is 17.4 Å². The molecule has 1 aliphatic carbocycles. The molecular weight excluding hydrogens is 226 g/mol. The van der Waals surface area contributed by atoms with Crippen LogP contribution in [-0.2, 0) is 14.8 Å². The van der Waals surface area contributed by atoms with E-state index in [1.807, 2.05) is 0 Å². The molecule has 0 N–H and O–H groups in total. The first kappa shape index (κ1) is 10.7. The first-order valence-corrected chi connectivity index (χ1v) is 6.96. The molecule has 0 radical (unpaired) electrons. The Morgan fingerprint density at radius 2 is 2.21 bits per heavy atom. The van der Waals surface area contributed by atoms with Crippen molar-refractivity contribution in [2.24, 2.45) is 0 Å². The quantitative estimate of drug-likeness (QED) is 0.669. The van der Waals surface area contributed by atoms with Crippen molar-refractivity contribution in [2.75, 3.05) is 18.4 Å². The van der Waals surface area contributed by atoms with Gasteiger partial charge in [0.05, 0.1) is 18.8 Å². The summed E-state index contributed by atoms with van der Waals surface area (Å²) in [7, 11) is -3.26. The summed E-state index contributed by atoms with van der Waals surface area (Å²) in [5.41, 5.74) is 0. The number of rotatable bonds is 2. The molecule has 0 aromatic rings. The molecule has 0 aromatic carbocycles. The summed E-state index contributed by atoms with van der Waals surface area (Å²) in [6.45, 7) is 0.952. The van der Waals surface area contributed by atoms with Crippen LogP contribution in [0.25, 0.3) is 0 Å². The van der Waals surface area contributed by atoms with Gasteiger partial charge in [-0.2, -0.15) is 4.31 Å². The molecule has 2 rings (SSSR count). The Bertz CT molecular complexity index is 306. The molecule has 14 heavy (non-hydrogen) atoms. The van der Waals surface area contributed by atoms with Gasteiger partial charge in [-0.1, -0.05) is 0 Å². The number of hydrogen-bond donors (Lipinski definition) is 0. The summed E-state index contributed by atoms with van der Waals surface area (Å²) in [6, 6.07) is 0.0347. The molecule has 1 saturated heterocycles. The van der Waals surface area contributed by atoms with Gasteiger partial charge in [-0.15, -0.1) is 11.6 Å². The van der Waals surface area contributed by atoms with Gasteiger partial charge >= 0.3 is 0 Å². The van der Waals surface area contributed by atoms with E-state index in [0.29, 0.717) is 13.2 Å². The van der Waals surface area contributed by atoms with E-state index in [2.05, 4.69) is 0 Å². The number of ether oxygens (including phenoxy) is 1. The average molecular weight is 240 g/mol. The maximum absolute atomic E-state index is 11.6. The highest BCUT2D eigenvalue weighted by molar-refractivity contribution is 7.90. The van der Waals surface area contributed by atoms with Crippen LogP contribution in [0, 0.1) is 0 Å². The SMILES string of the molecule is O=S(=O)(CCl)N1CCOC2CCCC21. The lowest BCUT2D eigenvalue weighted by Gasteiger charge is -2.36. The first-order valence-electron chi connectivity index (χ1n) is 4.82. The van der Waals surface area contributed by atoms with Gasteiger partial charge < -0.3 is 4.74 Å². The summed E-state index contributed by atoms with van der Waals surface area (Å²) < 4.78 is 30.3. The van der Waals surface area contributed by atoms with Gasteiger partial charge in [-0.05, 0) is 19.3 Å². The Balaban J connectivity index is 2.18. The van der Waals surface area contributed by atoms with Crippen molar-refractivity contribution >= 4 is 21.6 Å². The zero-order chi connectivity index (χ0) is 10.2. The molecule has 0 bridgehead atoms. The minimum atomic E-state index is -3.26. The van der Waals surface area contributed by atoms with E-state index >= 15 is 0 Å². The molecule has 0 aromatic heterocycles. The van der Waals surface area contributed by atoms with Crippen molar-refractivity contribution < 1.29 is 13.2 Å². The molecule has 6 heteroatoms. The Morgan fingerprint density at radius 3 is 2.93 bits per heavy atom. The molecule has 2 atom stereocenters. The highest BCUT2D eigenvalue weighted by Crippen LogP contribution is 2.31. The maximum atomic E-state index is 11.6. The van der Waals surface area contributed by atoms with Gasteiger partial charge in [-0.3, -0.25) is 0 Å². The normalized spacial score (nSPS) is 34.4. The molecular formula is C8H14ClNO3S. The van der Waals surface area contributed by atoms with Gasteiger partial charge in [0.2, 0.25) is 10.0 Å². The monoisotopic (exact) mass is 239 g/mol. The second-order valence-electron chi connectivity index (χ2n) is 3.74. The Labute approximate surface area is 89.2 Å². The van der Waals surface area contributed by atoms with Gasteiger partial charge in [0.1, 0.15) is 5.21 Å². The fraction of sp³-hybridized carbons (Fsp3) is 1.00. The molecule has 2 unspecified atom stereocenters. The average Bonchev–Trinajstić information content (AvgIpc) is 2.64. The summed E-state index contributed by atoms with van der Waals surface area (Å²) in [6.07, 6.45) is 3.02. The van der Waals surface area contributed by atoms with Crippen molar-refractivity contribution in [3.63, 3.8) is 0 Å². The van der Waals surface area contributed by atoms with Crippen molar-refractivity contribution in [2.45, 2.75) is 31.4 Å². The van der Waals surface area contributed by atoms with Crippen molar-refractivity contribution in [3.8, 4) is 0 Å². The molecule has 4 nitrogen and oxygen atoms in total. The third-order valence-electron chi connectivity index (χ3n) is 2.93. The van der Waals surface area contributed by atoms with Crippen LogP contribution in [0.5, 0.6) is 0 Å². The van der Waals surface area contributed by atoms with E-state index < -0.39 is 10.0 Å². The topological polar surface area (TPSA) is 46.6 Å². The van der Waals surface area contributed by atoms with Crippen molar-refractivity contribution in [1.82, 2.24) is 4.31 Å². The summed E-state index contributed by atoms with van der Waals surface area (Å²) >= 11 is 5.45. The lowest BCUT2D eigenvalue weighted by Crippen LogP contribution is -2.51. The third kappa shape index (κ3) is 1.78. The van der Waals surface area contributed by atoms with Crippen LogP contribution in [0.1, 0.15) is 19.3 Å². The molecule has 1 saturated carbocycles. The predicted molar refractivity (Wildman–Crippen MR) is 53.7 cm³/mol. The Hall–Kier alpha value is 0.160. The third-order valence-corrected chi connectivity index (χ3v) is 5.20. The molecule has 2 aliphatic rings. The molecule has 1 heterocycles. The van der Waals surface area contributed by atoms with Gasteiger partial charge in [0, 0.05) is 6.54 Å². The van der Waals surface area contributed by atoms with Crippen LogP contribution < -0.4 is 0 Å². The van der Waals surface area contributed by atoms with Crippen LogP contribution >= 0.6 is 11.6 Å². The zero-order valence-electron chi connectivity index (χ0n) is 7.86. The summed E-state index contributed by atoms with van der Waals surface area (Å²) in [5.74, 6) is 0. The summed E-state index contributed by atoms with van der Waals surface area (Å²) in [5, 5.41) is -0.323. The first-order chi connectivity index (χ1) is 6.65. The Kier molecular flexibility index (Phi) is 3.02. The zero-order valence-corrected chi connectivity index (χ0v) is 9.43. The number of sulfonamides is 1. The molecule has 82 valence electrons. The lowest BCUT2D eigenvalue weighted by atomic mass is 10.2. The number of fused-ring (bicyclic) bond motifs is 1. The van der Waals surface area contributed by atoms with E-state index in [1.54, 1.807) is 0 Å². The second kappa shape index (κ2) is 3.96. The van der Waals surface area contributed by atoms with Crippen molar-refractivity contribution in [1.29, 1.82) is 0 Å². The smallest absolute Gasteiger partial charge is 0.228 e. The van der Waals surface area contributed by atoms with E-state index in [1.165, 1.54) is 4.31 Å². The molecule has 0 amide bonds. The molecule has 0 spiro atoms. The van der Waals surface area contributed by atoms with Crippen LogP contribution in [0.3, 0.4) is 0 Å². The largest absolute Gasteiger partial charge is 0.375 e. The fourth-order valence-corrected chi connectivity index (χ4v) is 3.81. The van der Waals surface area contributed by atoms with Crippen LogP contribution in [0.15, 0.2) is 0 Å². The second-order valence-corrected chi connectivity index (χ2v) is 6.24. The Morgan fingerprint density at radius 1 is 1.43 bits per heavy atom. The summed E-state index contributed by atoms with van der Waals surface area (Å²) in [4.78, 5) is 0.